The van der Waals surface area contributed by atoms with Crippen LogP contribution in [0.3, 0.4) is 0 Å². The fourth-order valence-corrected chi connectivity index (χ4v) is 1.18. The van der Waals surface area contributed by atoms with E-state index in [0.717, 1.165) is 0 Å². The third-order valence-corrected chi connectivity index (χ3v) is 2.86. The van der Waals surface area contributed by atoms with Gasteiger partial charge in [0.1, 0.15) is 0 Å². The smallest absolute Gasteiger partial charge is 0.251 e. The molecule has 0 spiro atoms. The molecular formula is C10H22F2N2. The second-order valence-electron chi connectivity index (χ2n) is 5.19. The lowest BCUT2D eigenvalue weighted by molar-refractivity contribution is 0.0643. The maximum absolute atomic E-state index is 12.1. The van der Waals surface area contributed by atoms with Gasteiger partial charge in [-0.05, 0) is 26.3 Å². The van der Waals surface area contributed by atoms with E-state index in [0.29, 0.717) is 6.54 Å². The van der Waals surface area contributed by atoms with Gasteiger partial charge in [-0.3, -0.25) is 0 Å². The number of rotatable bonds is 5. The second-order valence-corrected chi connectivity index (χ2v) is 5.19. The van der Waals surface area contributed by atoms with Gasteiger partial charge in [0.15, 0.2) is 0 Å². The first-order valence-corrected chi connectivity index (χ1v) is 4.82. The van der Waals surface area contributed by atoms with Crippen LogP contribution in [0.1, 0.15) is 27.7 Å². The van der Waals surface area contributed by atoms with Gasteiger partial charge in [0.05, 0.1) is 6.54 Å². The molecule has 0 unspecified atom stereocenters. The molecule has 0 bridgehead atoms. The van der Waals surface area contributed by atoms with Crippen LogP contribution >= 0.6 is 0 Å². The molecule has 14 heavy (non-hydrogen) atoms. The number of alkyl halides is 2. The Morgan fingerprint density at radius 3 is 1.93 bits per heavy atom. The van der Waals surface area contributed by atoms with Crippen molar-refractivity contribution in [3.8, 4) is 0 Å². The maximum Gasteiger partial charge on any atom is 0.251 e. The first-order chi connectivity index (χ1) is 6.06. The normalized spacial score (nSPS) is 14.1. The fourth-order valence-electron chi connectivity index (χ4n) is 1.18. The van der Waals surface area contributed by atoms with Crippen LogP contribution in [0, 0.1) is 5.41 Å². The van der Waals surface area contributed by atoms with E-state index >= 15 is 0 Å². The van der Waals surface area contributed by atoms with Crippen LogP contribution in [-0.4, -0.2) is 37.0 Å². The van der Waals surface area contributed by atoms with Crippen LogP contribution in [0.5, 0.6) is 0 Å². The molecule has 0 amide bonds. The largest absolute Gasteiger partial charge is 0.325 e. The molecule has 2 nitrogen and oxygen atoms in total. The van der Waals surface area contributed by atoms with Crippen molar-refractivity contribution in [2.45, 2.75) is 39.7 Å². The highest BCUT2D eigenvalue weighted by Crippen LogP contribution is 2.28. The van der Waals surface area contributed by atoms with Crippen LogP contribution in [0.25, 0.3) is 0 Å². The first-order valence-electron chi connectivity index (χ1n) is 4.82. The Bertz CT molecular complexity index is 173. The molecule has 0 saturated heterocycles. The monoisotopic (exact) mass is 208 g/mol. The zero-order valence-electron chi connectivity index (χ0n) is 9.77. The molecule has 0 heterocycles. The van der Waals surface area contributed by atoms with E-state index in [-0.39, 0.29) is 17.5 Å². The summed E-state index contributed by atoms with van der Waals surface area (Å²) in [6.07, 6.45) is -2.28. The van der Waals surface area contributed by atoms with Crippen molar-refractivity contribution >= 4 is 0 Å². The predicted molar refractivity (Wildman–Crippen MR) is 55.5 cm³/mol. The predicted octanol–water partition coefficient (Wildman–Crippen LogP) is 1.95. The fraction of sp³-hybridized carbons (Fsp3) is 1.00. The summed E-state index contributed by atoms with van der Waals surface area (Å²) in [6.45, 7) is 8.21. The van der Waals surface area contributed by atoms with Crippen molar-refractivity contribution in [2.24, 2.45) is 11.1 Å². The van der Waals surface area contributed by atoms with E-state index in [2.05, 4.69) is 0 Å². The van der Waals surface area contributed by atoms with Crippen LogP contribution in [0.2, 0.25) is 0 Å². The number of hydrogen-bond acceptors (Lipinski definition) is 2. The number of hydrogen-bond donors (Lipinski definition) is 1. The van der Waals surface area contributed by atoms with E-state index in [1.165, 1.54) is 0 Å². The Balaban J connectivity index is 4.22. The highest BCUT2D eigenvalue weighted by atomic mass is 19.3. The minimum Gasteiger partial charge on any atom is -0.325 e. The van der Waals surface area contributed by atoms with Crippen molar-refractivity contribution < 1.29 is 8.78 Å². The van der Waals surface area contributed by atoms with Crippen LogP contribution in [0.4, 0.5) is 8.78 Å². The van der Waals surface area contributed by atoms with Gasteiger partial charge in [-0.15, -0.1) is 0 Å². The highest BCUT2D eigenvalue weighted by molar-refractivity contribution is 4.91. The zero-order valence-corrected chi connectivity index (χ0v) is 9.77. The van der Waals surface area contributed by atoms with Gasteiger partial charge >= 0.3 is 0 Å². The van der Waals surface area contributed by atoms with E-state index in [1.54, 1.807) is 11.9 Å². The molecule has 0 aliphatic rings. The first kappa shape index (κ1) is 13.8. The van der Waals surface area contributed by atoms with Crippen LogP contribution in [0.15, 0.2) is 0 Å². The average Bonchev–Trinajstić information content (AvgIpc) is 1.79. The lowest BCUT2D eigenvalue weighted by Crippen LogP contribution is -2.52. The van der Waals surface area contributed by atoms with E-state index < -0.39 is 6.43 Å². The van der Waals surface area contributed by atoms with E-state index in [9.17, 15) is 8.78 Å². The van der Waals surface area contributed by atoms with Gasteiger partial charge in [-0.1, -0.05) is 13.8 Å². The molecular weight excluding hydrogens is 186 g/mol. The molecule has 86 valence electrons. The summed E-state index contributed by atoms with van der Waals surface area (Å²) in [7, 11) is 1.69. The third kappa shape index (κ3) is 4.33. The quantitative estimate of drug-likeness (QED) is 0.748. The summed E-state index contributed by atoms with van der Waals surface area (Å²) in [5.74, 6) is 0. The molecule has 0 aliphatic carbocycles. The maximum atomic E-state index is 12.1. The third-order valence-electron chi connectivity index (χ3n) is 2.86. The summed E-state index contributed by atoms with van der Waals surface area (Å²) >= 11 is 0. The minimum absolute atomic E-state index is 0.184. The highest BCUT2D eigenvalue weighted by Gasteiger charge is 2.34. The summed E-state index contributed by atoms with van der Waals surface area (Å²) < 4.78 is 24.2. The van der Waals surface area contributed by atoms with Crippen molar-refractivity contribution in [2.75, 3.05) is 20.1 Å². The Kier molecular flexibility index (Phi) is 4.46. The Morgan fingerprint density at radius 2 is 1.64 bits per heavy atom. The van der Waals surface area contributed by atoms with Gasteiger partial charge < -0.3 is 10.6 Å². The zero-order chi connectivity index (χ0) is 11.6. The molecule has 0 atom stereocenters. The molecule has 0 rings (SSSR count). The lowest BCUT2D eigenvalue weighted by Gasteiger charge is -2.41. The van der Waals surface area contributed by atoms with E-state index in [1.807, 2.05) is 27.7 Å². The minimum atomic E-state index is -2.28. The van der Waals surface area contributed by atoms with Gasteiger partial charge in [0, 0.05) is 12.1 Å². The Hall–Kier alpha value is -0.220. The van der Waals surface area contributed by atoms with Crippen LogP contribution in [-0.2, 0) is 0 Å². The van der Waals surface area contributed by atoms with Crippen molar-refractivity contribution in [1.82, 2.24) is 4.90 Å². The molecule has 0 aromatic rings. The Labute approximate surface area is 85.5 Å². The summed E-state index contributed by atoms with van der Waals surface area (Å²) in [5, 5.41) is 0. The molecule has 0 aromatic heterocycles. The molecule has 0 fully saturated rings. The van der Waals surface area contributed by atoms with Crippen LogP contribution < -0.4 is 5.73 Å². The topological polar surface area (TPSA) is 29.3 Å². The number of nitrogens with zero attached hydrogens (tertiary/aromatic N) is 1. The average molecular weight is 208 g/mol. The number of halogens is 2. The summed E-state index contributed by atoms with van der Waals surface area (Å²) in [4.78, 5) is 1.62. The molecule has 0 aliphatic heterocycles. The van der Waals surface area contributed by atoms with Crippen molar-refractivity contribution in [3.05, 3.63) is 0 Å². The van der Waals surface area contributed by atoms with Gasteiger partial charge in [-0.25, -0.2) is 8.78 Å². The SMILES string of the molecule is CN(CC(F)F)CC(C)(C)C(C)(C)N. The number of nitrogens with two attached hydrogens (primary N) is 1. The lowest BCUT2D eigenvalue weighted by atomic mass is 9.75. The molecule has 4 heteroatoms. The van der Waals surface area contributed by atoms with Crippen molar-refractivity contribution in [3.63, 3.8) is 0 Å². The molecule has 0 saturated carbocycles. The molecule has 0 radical (unpaired) electrons. The molecule has 0 aromatic carbocycles. The van der Waals surface area contributed by atoms with Gasteiger partial charge in [0.25, 0.3) is 6.43 Å². The molecule has 2 N–H and O–H groups in total. The standard InChI is InChI=1S/C10H22F2N2/c1-9(2,10(3,4)13)7-14(5)6-8(11)12/h8H,6-7,13H2,1-5H3. The van der Waals surface area contributed by atoms with Gasteiger partial charge in [-0.2, -0.15) is 0 Å². The second kappa shape index (κ2) is 4.53. The summed E-state index contributed by atoms with van der Waals surface area (Å²) in [6, 6.07) is 0. The van der Waals surface area contributed by atoms with Gasteiger partial charge in [0.2, 0.25) is 0 Å². The Morgan fingerprint density at radius 1 is 1.21 bits per heavy atom. The van der Waals surface area contributed by atoms with Crippen molar-refractivity contribution in [1.29, 1.82) is 0 Å². The van der Waals surface area contributed by atoms with E-state index in [4.69, 9.17) is 5.73 Å². The summed E-state index contributed by atoms with van der Waals surface area (Å²) in [5.41, 5.74) is 5.42.